The number of alkyl halides is 3. The molecule has 1 aliphatic heterocycles. The molecule has 1 aliphatic carbocycles. The van der Waals surface area contributed by atoms with Crippen LogP contribution in [0.25, 0.3) is 5.57 Å². The summed E-state index contributed by atoms with van der Waals surface area (Å²) in [7, 11) is 0. The van der Waals surface area contributed by atoms with Crippen LogP contribution in [0.2, 0.25) is 0 Å². The lowest BCUT2D eigenvalue weighted by atomic mass is 9.77. The van der Waals surface area contributed by atoms with E-state index in [1.165, 1.54) is 6.08 Å². The number of aliphatic hydroxyl groups is 1. The van der Waals surface area contributed by atoms with Gasteiger partial charge in [0.2, 0.25) is 0 Å². The van der Waals surface area contributed by atoms with E-state index >= 15 is 0 Å². The number of carbonyl (C=O) groups excluding carboxylic acids is 1. The van der Waals surface area contributed by atoms with Crippen molar-refractivity contribution in [3.63, 3.8) is 0 Å². The van der Waals surface area contributed by atoms with Gasteiger partial charge in [-0.05, 0) is 52.2 Å². The molecule has 0 radical (unpaired) electrons. The van der Waals surface area contributed by atoms with Crippen molar-refractivity contribution in [2.75, 3.05) is 13.2 Å². The zero-order valence-electron chi connectivity index (χ0n) is 22.1. The number of esters is 1. The highest BCUT2D eigenvalue weighted by Crippen LogP contribution is 2.44. The van der Waals surface area contributed by atoms with E-state index in [9.17, 15) is 23.1 Å². The Morgan fingerprint density at radius 3 is 2.42 bits per heavy atom. The summed E-state index contributed by atoms with van der Waals surface area (Å²) in [6.07, 6.45) is -0.604. The van der Waals surface area contributed by atoms with E-state index in [4.69, 9.17) is 25.7 Å². The molecule has 0 aromatic heterocycles. The second kappa shape index (κ2) is 11.6. The van der Waals surface area contributed by atoms with E-state index in [0.717, 1.165) is 5.56 Å². The number of hydrogen-bond acceptors (Lipinski definition) is 7. The molecule has 0 amide bonds. The first-order valence-corrected chi connectivity index (χ1v) is 12.6. The van der Waals surface area contributed by atoms with Gasteiger partial charge in [0, 0.05) is 29.0 Å². The summed E-state index contributed by atoms with van der Waals surface area (Å²) in [4.78, 5) is 12.6. The van der Waals surface area contributed by atoms with Crippen molar-refractivity contribution in [3.8, 4) is 0 Å². The number of aliphatic hydroxyl groups excluding tert-OH is 1. The van der Waals surface area contributed by atoms with E-state index in [0.29, 0.717) is 17.8 Å². The number of benzene rings is 1. The van der Waals surface area contributed by atoms with E-state index < -0.39 is 60.5 Å². The molecule has 0 spiro atoms. The van der Waals surface area contributed by atoms with Gasteiger partial charge in [-0.2, -0.15) is 13.2 Å². The molecule has 0 saturated heterocycles. The van der Waals surface area contributed by atoms with Crippen LogP contribution in [0, 0.1) is 17.3 Å². The van der Waals surface area contributed by atoms with Crippen molar-refractivity contribution >= 4 is 11.5 Å². The zero-order valence-corrected chi connectivity index (χ0v) is 22.1. The fourth-order valence-electron chi connectivity index (χ4n) is 4.42. The standard InChI is InChI=1S/C28H37F3N2O5/c1-17(32)21(13-26(2,3)33)24(34)37-16-19(28(29,30)31)15-36-20-10-11-27(4)14-22(18-8-6-5-7-9-18)25(35)38-23(27)12-20/h5-10,12,14,17,19,21,24,34H,11,13,15-16,32-33H2,1-4H3. The predicted octanol–water partition coefficient (Wildman–Crippen LogP) is 4.43. The Labute approximate surface area is 221 Å². The molecule has 0 fully saturated rings. The van der Waals surface area contributed by atoms with Gasteiger partial charge in [-0.3, -0.25) is 0 Å². The quantitative estimate of drug-likeness (QED) is 0.282. The Hall–Kier alpha value is -2.66. The molecule has 3 rings (SSSR count). The van der Waals surface area contributed by atoms with Crippen LogP contribution in [-0.4, -0.2) is 48.3 Å². The van der Waals surface area contributed by atoms with E-state index in [1.807, 2.05) is 43.3 Å². The monoisotopic (exact) mass is 538 g/mol. The topological polar surface area (TPSA) is 117 Å². The Morgan fingerprint density at radius 2 is 1.84 bits per heavy atom. The van der Waals surface area contributed by atoms with Gasteiger partial charge in [0.1, 0.15) is 24.0 Å². The smallest absolute Gasteiger partial charge is 0.397 e. The maximum Gasteiger partial charge on any atom is 0.397 e. The molecule has 1 heterocycles. The molecule has 38 heavy (non-hydrogen) atoms. The third-order valence-electron chi connectivity index (χ3n) is 6.72. The zero-order chi connectivity index (χ0) is 28.3. The molecule has 10 heteroatoms. The van der Waals surface area contributed by atoms with Crippen LogP contribution in [-0.2, 0) is 19.0 Å². The molecule has 5 N–H and O–H groups in total. The minimum Gasteiger partial charge on any atom is -0.493 e. The normalized spacial score (nSPS) is 23.2. The van der Waals surface area contributed by atoms with Gasteiger partial charge in [-0.25, -0.2) is 4.79 Å². The molecule has 0 saturated carbocycles. The van der Waals surface area contributed by atoms with Crippen LogP contribution in [0.4, 0.5) is 13.2 Å². The lowest BCUT2D eigenvalue weighted by Gasteiger charge is -2.35. The molecule has 5 atom stereocenters. The third kappa shape index (κ3) is 7.69. The van der Waals surface area contributed by atoms with Gasteiger partial charge in [0.25, 0.3) is 0 Å². The minimum absolute atomic E-state index is 0.162. The number of hydrogen-bond donors (Lipinski definition) is 3. The van der Waals surface area contributed by atoms with E-state index in [2.05, 4.69) is 0 Å². The number of rotatable bonds is 11. The summed E-state index contributed by atoms with van der Waals surface area (Å²) in [6, 6.07) is 8.55. The van der Waals surface area contributed by atoms with Gasteiger partial charge in [0.15, 0.2) is 6.29 Å². The molecule has 7 nitrogen and oxygen atoms in total. The second-order valence-electron chi connectivity index (χ2n) is 11.0. The lowest BCUT2D eigenvalue weighted by Crippen LogP contribution is -2.46. The summed E-state index contributed by atoms with van der Waals surface area (Å²) in [5.41, 5.74) is 11.7. The van der Waals surface area contributed by atoms with Crippen LogP contribution in [0.3, 0.4) is 0 Å². The van der Waals surface area contributed by atoms with Gasteiger partial charge in [-0.1, -0.05) is 36.4 Å². The molecular weight excluding hydrogens is 501 g/mol. The number of allylic oxidation sites excluding steroid dienone is 3. The third-order valence-corrected chi connectivity index (χ3v) is 6.72. The molecule has 5 unspecified atom stereocenters. The van der Waals surface area contributed by atoms with Crippen LogP contribution in [0.15, 0.2) is 60.1 Å². The highest BCUT2D eigenvalue weighted by atomic mass is 19.4. The molecule has 210 valence electrons. The molecule has 1 aromatic rings. The number of fused-ring (bicyclic) bond motifs is 1. The summed E-state index contributed by atoms with van der Waals surface area (Å²) >= 11 is 0. The highest BCUT2D eigenvalue weighted by molar-refractivity contribution is 6.17. The Morgan fingerprint density at radius 1 is 1.18 bits per heavy atom. The molecular formula is C28H37F3N2O5. The summed E-state index contributed by atoms with van der Waals surface area (Å²) in [5, 5.41) is 10.4. The first-order chi connectivity index (χ1) is 17.6. The average molecular weight is 539 g/mol. The maximum atomic E-state index is 13.7. The van der Waals surface area contributed by atoms with Crippen molar-refractivity contribution in [3.05, 3.63) is 65.6 Å². The van der Waals surface area contributed by atoms with Crippen LogP contribution in [0.5, 0.6) is 0 Å². The number of ether oxygens (including phenoxy) is 3. The summed E-state index contributed by atoms with van der Waals surface area (Å²) < 4.78 is 57.5. The van der Waals surface area contributed by atoms with Crippen LogP contribution in [0.1, 0.15) is 46.1 Å². The summed E-state index contributed by atoms with van der Waals surface area (Å²) in [6.45, 7) is 5.43. The Bertz CT molecular complexity index is 1080. The van der Waals surface area contributed by atoms with Gasteiger partial charge < -0.3 is 30.8 Å². The van der Waals surface area contributed by atoms with Crippen molar-refractivity contribution in [1.82, 2.24) is 0 Å². The first-order valence-electron chi connectivity index (χ1n) is 12.6. The number of nitrogens with two attached hydrogens (primary N) is 2. The molecule has 2 aliphatic rings. The lowest BCUT2D eigenvalue weighted by molar-refractivity contribution is -0.224. The van der Waals surface area contributed by atoms with E-state index in [-0.39, 0.29) is 12.2 Å². The van der Waals surface area contributed by atoms with Crippen molar-refractivity contribution in [2.24, 2.45) is 28.7 Å². The first kappa shape index (κ1) is 29.9. The molecule has 1 aromatic carbocycles. The van der Waals surface area contributed by atoms with Crippen molar-refractivity contribution in [2.45, 2.75) is 64.6 Å². The highest BCUT2D eigenvalue weighted by Gasteiger charge is 2.43. The largest absolute Gasteiger partial charge is 0.493 e. The van der Waals surface area contributed by atoms with Crippen LogP contribution < -0.4 is 11.5 Å². The van der Waals surface area contributed by atoms with Crippen molar-refractivity contribution in [1.29, 1.82) is 0 Å². The van der Waals surface area contributed by atoms with Gasteiger partial charge in [-0.15, -0.1) is 0 Å². The minimum atomic E-state index is -4.64. The molecule has 0 bridgehead atoms. The average Bonchev–Trinajstić information content (AvgIpc) is 2.81. The van der Waals surface area contributed by atoms with Crippen molar-refractivity contribution < 1.29 is 37.3 Å². The second-order valence-corrected chi connectivity index (χ2v) is 11.0. The van der Waals surface area contributed by atoms with Crippen LogP contribution >= 0.6 is 0 Å². The number of halogens is 3. The fourth-order valence-corrected chi connectivity index (χ4v) is 4.42. The predicted molar refractivity (Wildman–Crippen MR) is 137 cm³/mol. The Kier molecular flexibility index (Phi) is 9.13. The maximum absolute atomic E-state index is 13.7. The van der Waals surface area contributed by atoms with Gasteiger partial charge in [0.05, 0.1) is 12.2 Å². The fraction of sp³-hybridized carbons (Fsp3) is 0.536. The van der Waals surface area contributed by atoms with E-state index in [1.54, 1.807) is 26.8 Å². The Balaban J connectivity index is 1.66. The number of carbonyl (C=O) groups is 1. The van der Waals surface area contributed by atoms with Gasteiger partial charge >= 0.3 is 12.1 Å². The summed E-state index contributed by atoms with van der Waals surface area (Å²) in [5.74, 6) is -2.74. The SMILES string of the molecule is CC(N)C(CC(C)(C)N)C(O)OCC(COC1=CCC2(C)C=C(c3ccccc3)C(=O)OC2=C1)C(F)(F)F.